The molecule has 0 aliphatic rings. The molecular weight excluding hydrogens is 136 g/mol. The topological polar surface area (TPSA) is 0 Å². The molecule has 0 atom stereocenters. The molecule has 0 aromatic heterocycles. The third-order valence-corrected chi connectivity index (χ3v) is 0.252. The lowest BCUT2D eigenvalue weighted by atomic mass is 10.6. The Morgan fingerprint density at radius 3 is 1.44 bits per heavy atom. The summed E-state index contributed by atoms with van der Waals surface area (Å²) in [6.45, 7) is 6.00. The minimum atomic E-state index is -4.51. The lowest BCUT2D eigenvalue weighted by Crippen LogP contribution is -1.99. The number of hydrogen-bond donors (Lipinski definition) is 0. The Kier molecular flexibility index (Phi) is 6.56. The Morgan fingerprint density at radius 2 is 1.44 bits per heavy atom. The first kappa shape index (κ1) is 11.1. The highest BCUT2D eigenvalue weighted by Gasteiger charge is 2.21. The molecule has 4 heteroatoms. The molecule has 0 unspecified atom stereocenters. The van der Waals surface area contributed by atoms with Crippen LogP contribution in [-0.2, 0) is 0 Å². The van der Waals surface area contributed by atoms with Crippen molar-refractivity contribution in [2.24, 2.45) is 0 Å². The molecular formula is C5H6F4. The smallest absolute Gasteiger partial charge is 0.216 e. The molecule has 0 nitrogen and oxygen atoms in total. The van der Waals surface area contributed by atoms with Gasteiger partial charge in [-0.25, -0.2) is 4.39 Å². The molecule has 0 aromatic rings. The molecule has 0 spiro atoms. The average molecular weight is 142 g/mol. The number of rotatable bonds is 0. The molecule has 0 fully saturated rings. The summed E-state index contributed by atoms with van der Waals surface area (Å²) < 4.78 is 42.8. The first-order valence-corrected chi connectivity index (χ1v) is 1.91. The van der Waals surface area contributed by atoms with E-state index in [-0.39, 0.29) is 0 Å². The van der Waals surface area contributed by atoms with Gasteiger partial charge in [0.15, 0.2) is 0 Å². The summed E-state index contributed by atoms with van der Waals surface area (Å²) >= 11 is 0. The van der Waals surface area contributed by atoms with Crippen LogP contribution in [0.25, 0.3) is 0 Å². The van der Waals surface area contributed by atoms with E-state index in [1.54, 1.807) is 0 Å². The zero-order valence-electron chi connectivity index (χ0n) is 4.58. The van der Waals surface area contributed by atoms with Gasteiger partial charge in [-0.15, -0.1) is 13.2 Å². The van der Waals surface area contributed by atoms with Gasteiger partial charge in [-0.2, -0.15) is 13.2 Å². The highest BCUT2D eigenvalue weighted by molar-refractivity contribution is 4.80. The van der Waals surface area contributed by atoms with E-state index in [1.165, 1.54) is 0 Å². The molecule has 0 aliphatic carbocycles. The summed E-state index contributed by atoms with van der Waals surface area (Å²) in [5, 5.41) is 0. The Bertz CT molecular complexity index is 81.4. The standard InChI is InChI=1S/C3H2F4.C2H4/c4-2-1-3(5,6)7;1-2/h1-2H;1-2H2/b2-1+;. The maximum atomic E-state index is 10.7. The zero-order valence-corrected chi connectivity index (χ0v) is 4.58. The fourth-order valence-corrected chi connectivity index (χ4v) is 0.0714. The third-order valence-electron chi connectivity index (χ3n) is 0.252. The normalized spacial score (nSPS) is 10.7. The molecule has 0 aromatic carbocycles. The van der Waals surface area contributed by atoms with Crippen LogP contribution in [0.4, 0.5) is 17.6 Å². The van der Waals surface area contributed by atoms with Crippen LogP contribution in [0.1, 0.15) is 0 Å². The molecule has 0 saturated carbocycles. The van der Waals surface area contributed by atoms with Crippen molar-refractivity contribution in [2.75, 3.05) is 0 Å². The number of allylic oxidation sites excluding steroid dienone is 1. The predicted octanol–water partition coefficient (Wildman–Crippen LogP) is 2.83. The van der Waals surface area contributed by atoms with Gasteiger partial charge in [-0.3, -0.25) is 0 Å². The van der Waals surface area contributed by atoms with E-state index in [0.717, 1.165) is 0 Å². The van der Waals surface area contributed by atoms with Gasteiger partial charge in [-0.1, -0.05) is 0 Å². The summed E-state index contributed by atoms with van der Waals surface area (Å²) in [4.78, 5) is 0. The van der Waals surface area contributed by atoms with Crippen molar-refractivity contribution in [3.8, 4) is 0 Å². The molecule has 0 N–H and O–H groups in total. The molecule has 0 amide bonds. The fraction of sp³-hybridized carbons (Fsp3) is 0.200. The second-order valence-corrected chi connectivity index (χ2v) is 0.834. The molecule has 0 radical (unpaired) electrons. The number of halogens is 4. The van der Waals surface area contributed by atoms with Crippen LogP contribution in [0, 0.1) is 0 Å². The highest BCUT2D eigenvalue weighted by Crippen LogP contribution is 2.15. The van der Waals surface area contributed by atoms with Gasteiger partial charge in [0, 0.05) is 6.08 Å². The van der Waals surface area contributed by atoms with Crippen molar-refractivity contribution in [1.82, 2.24) is 0 Å². The quantitative estimate of drug-likeness (QED) is 0.360. The first-order valence-electron chi connectivity index (χ1n) is 1.91. The largest absolute Gasteiger partial charge is 0.411 e. The van der Waals surface area contributed by atoms with E-state index in [2.05, 4.69) is 13.2 Å². The van der Waals surface area contributed by atoms with Gasteiger partial charge < -0.3 is 0 Å². The van der Waals surface area contributed by atoms with Crippen molar-refractivity contribution in [2.45, 2.75) is 6.18 Å². The van der Waals surface area contributed by atoms with Gasteiger partial charge in [0.2, 0.25) is 0 Å². The summed E-state index contributed by atoms with van der Waals surface area (Å²) in [6, 6.07) is 0. The predicted molar refractivity (Wildman–Crippen MR) is 27.6 cm³/mol. The van der Waals surface area contributed by atoms with Crippen molar-refractivity contribution in [3.63, 3.8) is 0 Å². The van der Waals surface area contributed by atoms with Crippen LogP contribution in [0.3, 0.4) is 0 Å². The van der Waals surface area contributed by atoms with Crippen molar-refractivity contribution in [3.05, 3.63) is 25.6 Å². The summed E-state index contributed by atoms with van der Waals surface area (Å²) in [7, 11) is 0. The van der Waals surface area contributed by atoms with Crippen LogP contribution >= 0.6 is 0 Å². The molecule has 54 valence electrons. The maximum Gasteiger partial charge on any atom is 0.411 e. The molecule has 0 saturated heterocycles. The molecule has 0 rings (SSSR count). The minimum absolute atomic E-state index is 0.479. The summed E-state index contributed by atoms with van der Waals surface area (Å²) in [5.41, 5.74) is 0. The van der Waals surface area contributed by atoms with Crippen LogP contribution in [-0.4, -0.2) is 6.18 Å². The number of hydrogen-bond acceptors (Lipinski definition) is 0. The van der Waals surface area contributed by atoms with E-state index >= 15 is 0 Å². The fourth-order valence-electron chi connectivity index (χ4n) is 0.0714. The summed E-state index contributed by atoms with van der Waals surface area (Å²) in [6.07, 6.45) is -5.53. The Balaban J connectivity index is 0. The van der Waals surface area contributed by atoms with E-state index in [0.29, 0.717) is 0 Å². The SMILES string of the molecule is C=C.F/C=C/C(F)(F)F. The molecule has 0 heterocycles. The Labute approximate surface area is 50.5 Å². The van der Waals surface area contributed by atoms with Crippen LogP contribution in [0.5, 0.6) is 0 Å². The number of alkyl halides is 3. The van der Waals surface area contributed by atoms with Gasteiger partial charge in [0.1, 0.15) is 0 Å². The van der Waals surface area contributed by atoms with E-state index in [4.69, 9.17) is 0 Å². The van der Waals surface area contributed by atoms with Gasteiger partial charge in [-0.05, 0) is 0 Å². The monoisotopic (exact) mass is 142 g/mol. The first-order chi connectivity index (χ1) is 4.06. The Morgan fingerprint density at radius 1 is 1.11 bits per heavy atom. The van der Waals surface area contributed by atoms with E-state index in [1.807, 2.05) is 0 Å². The van der Waals surface area contributed by atoms with Gasteiger partial charge >= 0.3 is 6.18 Å². The molecule has 0 aliphatic heterocycles. The van der Waals surface area contributed by atoms with Gasteiger partial charge in [0.25, 0.3) is 0 Å². The lowest BCUT2D eigenvalue weighted by molar-refractivity contribution is -0.0805. The van der Waals surface area contributed by atoms with E-state index in [9.17, 15) is 17.6 Å². The lowest BCUT2D eigenvalue weighted by Gasteiger charge is -1.92. The molecule has 0 bridgehead atoms. The third kappa shape index (κ3) is 19.0. The average Bonchev–Trinajstić information content (AvgIpc) is 1.69. The van der Waals surface area contributed by atoms with E-state index < -0.39 is 18.6 Å². The maximum absolute atomic E-state index is 10.7. The minimum Gasteiger partial charge on any atom is -0.216 e. The van der Waals surface area contributed by atoms with Crippen molar-refractivity contribution >= 4 is 0 Å². The second-order valence-electron chi connectivity index (χ2n) is 0.834. The van der Waals surface area contributed by atoms with Crippen molar-refractivity contribution in [1.29, 1.82) is 0 Å². The van der Waals surface area contributed by atoms with Gasteiger partial charge in [0.05, 0.1) is 6.33 Å². The molecule has 9 heavy (non-hydrogen) atoms. The van der Waals surface area contributed by atoms with Crippen LogP contribution in [0.15, 0.2) is 25.6 Å². The van der Waals surface area contributed by atoms with Crippen LogP contribution in [0.2, 0.25) is 0 Å². The Hall–Kier alpha value is -0.800. The van der Waals surface area contributed by atoms with Crippen molar-refractivity contribution < 1.29 is 17.6 Å². The second kappa shape index (κ2) is 5.34. The zero-order chi connectivity index (χ0) is 7.91. The highest BCUT2D eigenvalue weighted by atomic mass is 19.4. The summed E-state index contributed by atoms with van der Waals surface area (Å²) in [5.74, 6) is 0. The van der Waals surface area contributed by atoms with Crippen LogP contribution < -0.4 is 0 Å².